The van der Waals surface area contributed by atoms with Gasteiger partial charge < -0.3 is 9.67 Å². The molecule has 96 valence electrons. The van der Waals surface area contributed by atoms with Crippen LogP contribution in [0.15, 0.2) is 35.7 Å². The van der Waals surface area contributed by atoms with Crippen molar-refractivity contribution >= 4 is 15.7 Å². The molecule has 0 unspecified atom stereocenters. The van der Waals surface area contributed by atoms with E-state index in [-0.39, 0.29) is 10.7 Å². The quantitative estimate of drug-likeness (QED) is 0.818. The lowest BCUT2D eigenvalue weighted by Gasteiger charge is -2.07. The van der Waals surface area contributed by atoms with E-state index in [4.69, 9.17) is 0 Å². The van der Waals surface area contributed by atoms with E-state index < -0.39 is 21.6 Å². The Bertz CT molecular complexity index is 681. The van der Waals surface area contributed by atoms with Gasteiger partial charge in [0.25, 0.3) is 10.0 Å². The second kappa shape index (κ2) is 4.30. The first-order chi connectivity index (χ1) is 8.38. The number of rotatable bonds is 3. The van der Waals surface area contributed by atoms with Crippen molar-refractivity contribution in [2.24, 2.45) is 7.05 Å². The van der Waals surface area contributed by atoms with Crippen LogP contribution in [0.2, 0.25) is 0 Å². The van der Waals surface area contributed by atoms with Gasteiger partial charge in [-0.25, -0.2) is 9.37 Å². The Labute approximate surface area is 103 Å². The monoisotopic (exact) mass is 271 g/mol. The molecule has 6 nitrogen and oxygen atoms in total. The predicted molar refractivity (Wildman–Crippen MR) is 62.1 cm³/mol. The topological polar surface area (TPSA) is 84.2 Å². The first-order valence-electron chi connectivity index (χ1n) is 4.88. The predicted octanol–water partition coefficient (Wildman–Crippen LogP) is 1.07. The van der Waals surface area contributed by atoms with Crippen LogP contribution in [0.5, 0.6) is 5.75 Å². The molecular formula is C10H10FN3O3S. The van der Waals surface area contributed by atoms with Crippen molar-refractivity contribution in [3.63, 3.8) is 0 Å². The van der Waals surface area contributed by atoms with E-state index in [0.29, 0.717) is 0 Å². The number of nitrogens with zero attached hydrogens (tertiary/aromatic N) is 2. The minimum absolute atomic E-state index is 0.109. The molecule has 0 bridgehead atoms. The molecule has 8 heteroatoms. The molecule has 0 spiro atoms. The Balaban J connectivity index is 2.33. The lowest BCUT2D eigenvalue weighted by molar-refractivity contribution is 0.471. The maximum absolute atomic E-state index is 12.8. The third-order valence-electron chi connectivity index (χ3n) is 2.16. The molecule has 0 fully saturated rings. The summed E-state index contributed by atoms with van der Waals surface area (Å²) >= 11 is 0. The van der Waals surface area contributed by atoms with Crippen molar-refractivity contribution in [2.75, 3.05) is 4.72 Å². The Morgan fingerprint density at radius 2 is 2.17 bits per heavy atom. The summed E-state index contributed by atoms with van der Waals surface area (Å²) in [6.07, 6.45) is 2.64. The normalized spacial score (nSPS) is 11.4. The molecule has 1 aromatic carbocycles. The van der Waals surface area contributed by atoms with Gasteiger partial charge in [0.1, 0.15) is 11.6 Å². The van der Waals surface area contributed by atoms with Gasteiger partial charge in [0.2, 0.25) is 0 Å². The summed E-state index contributed by atoms with van der Waals surface area (Å²) in [6.45, 7) is 0. The molecule has 0 atom stereocenters. The summed E-state index contributed by atoms with van der Waals surface area (Å²) in [4.78, 5) is 3.69. The van der Waals surface area contributed by atoms with Crippen LogP contribution in [-0.2, 0) is 17.1 Å². The molecule has 0 aliphatic carbocycles. The Morgan fingerprint density at radius 1 is 1.44 bits per heavy atom. The van der Waals surface area contributed by atoms with Crippen molar-refractivity contribution in [3.05, 3.63) is 36.5 Å². The summed E-state index contributed by atoms with van der Waals surface area (Å²) in [5, 5.41) is 9.23. The van der Waals surface area contributed by atoms with E-state index in [9.17, 15) is 17.9 Å². The first kappa shape index (κ1) is 12.4. The van der Waals surface area contributed by atoms with Gasteiger partial charge in [-0.05, 0) is 12.1 Å². The highest BCUT2D eigenvalue weighted by molar-refractivity contribution is 7.92. The van der Waals surface area contributed by atoms with Crippen LogP contribution in [0.25, 0.3) is 0 Å². The fraction of sp³-hybridized carbons (Fsp3) is 0.100. The number of hydrogen-bond acceptors (Lipinski definition) is 4. The zero-order chi connectivity index (χ0) is 13.3. The number of imidazole rings is 1. The largest absolute Gasteiger partial charge is 0.506 e. The SMILES string of the molecule is Cn1cnc(S(=O)(=O)Nc2ccc(F)cc2O)c1. The third-order valence-corrected chi connectivity index (χ3v) is 3.41. The number of sulfonamides is 1. The van der Waals surface area contributed by atoms with Gasteiger partial charge in [-0.1, -0.05) is 0 Å². The number of halogens is 1. The number of anilines is 1. The number of phenols is 1. The van der Waals surface area contributed by atoms with E-state index in [2.05, 4.69) is 9.71 Å². The number of aromatic nitrogens is 2. The second-order valence-electron chi connectivity index (χ2n) is 3.64. The van der Waals surface area contributed by atoms with Gasteiger partial charge in [0.05, 0.1) is 12.0 Å². The highest BCUT2D eigenvalue weighted by Gasteiger charge is 2.18. The highest BCUT2D eigenvalue weighted by atomic mass is 32.2. The lowest BCUT2D eigenvalue weighted by Crippen LogP contribution is -2.13. The summed E-state index contributed by atoms with van der Waals surface area (Å²) in [5.41, 5.74) is -0.109. The van der Waals surface area contributed by atoms with Crippen molar-refractivity contribution in [2.45, 2.75) is 5.03 Å². The third kappa shape index (κ3) is 2.43. The van der Waals surface area contributed by atoms with Gasteiger partial charge in [0, 0.05) is 19.3 Å². The number of benzene rings is 1. The van der Waals surface area contributed by atoms with E-state index in [1.54, 1.807) is 7.05 Å². The molecule has 1 heterocycles. The maximum Gasteiger partial charge on any atom is 0.281 e. The number of nitrogens with one attached hydrogen (secondary N) is 1. The fourth-order valence-corrected chi connectivity index (χ4v) is 2.37. The molecule has 2 aromatic rings. The van der Waals surface area contributed by atoms with E-state index in [1.165, 1.54) is 17.1 Å². The molecule has 2 N–H and O–H groups in total. The lowest BCUT2D eigenvalue weighted by atomic mass is 10.3. The van der Waals surface area contributed by atoms with Gasteiger partial charge >= 0.3 is 0 Å². The summed E-state index contributed by atoms with van der Waals surface area (Å²) in [7, 11) is -2.27. The number of aromatic hydroxyl groups is 1. The van der Waals surface area contributed by atoms with Gasteiger partial charge in [0.15, 0.2) is 5.03 Å². The molecule has 0 radical (unpaired) electrons. The van der Waals surface area contributed by atoms with E-state index in [1.807, 2.05) is 0 Å². The molecular weight excluding hydrogens is 261 g/mol. The van der Waals surface area contributed by atoms with Crippen molar-refractivity contribution in [1.82, 2.24) is 9.55 Å². The molecule has 18 heavy (non-hydrogen) atoms. The van der Waals surface area contributed by atoms with Crippen LogP contribution in [0.4, 0.5) is 10.1 Å². The summed E-state index contributed by atoms with van der Waals surface area (Å²) < 4.78 is 40.1. The average Bonchev–Trinajstić information content (AvgIpc) is 2.70. The summed E-state index contributed by atoms with van der Waals surface area (Å²) in [5.74, 6) is -1.15. The first-order valence-corrected chi connectivity index (χ1v) is 6.36. The number of aryl methyl sites for hydroxylation is 1. The number of phenolic OH excluding ortho intramolecular Hbond substituents is 1. The average molecular weight is 271 g/mol. The summed E-state index contributed by atoms with van der Waals surface area (Å²) in [6, 6.07) is 2.98. The minimum atomic E-state index is -3.89. The van der Waals surface area contributed by atoms with Crippen molar-refractivity contribution in [1.29, 1.82) is 0 Å². The molecule has 2 rings (SSSR count). The van der Waals surface area contributed by atoms with Crippen molar-refractivity contribution in [3.8, 4) is 5.75 Å². The maximum atomic E-state index is 12.8. The zero-order valence-electron chi connectivity index (χ0n) is 9.33. The van der Waals surface area contributed by atoms with Gasteiger partial charge in [-0.15, -0.1) is 0 Å². The van der Waals surface area contributed by atoms with Crippen LogP contribution in [0.1, 0.15) is 0 Å². The Kier molecular flexibility index (Phi) is 2.95. The fourth-order valence-electron chi connectivity index (χ4n) is 1.32. The molecule has 0 saturated carbocycles. The van der Waals surface area contributed by atoms with Crippen LogP contribution in [0, 0.1) is 5.82 Å². The molecule has 1 aromatic heterocycles. The second-order valence-corrected chi connectivity index (χ2v) is 5.27. The van der Waals surface area contributed by atoms with Crippen LogP contribution >= 0.6 is 0 Å². The van der Waals surface area contributed by atoms with E-state index in [0.717, 1.165) is 18.2 Å². The van der Waals surface area contributed by atoms with E-state index >= 15 is 0 Å². The van der Waals surface area contributed by atoms with Crippen molar-refractivity contribution < 1.29 is 17.9 Å². The van der Waals surface area contributed by atoms with Crippen LogP contribution in [-0.4, -0.2) is 23.1 Å². The van der Waals surface area contributed by atoms with Crippen LogP contribution < -0.4 is 4.72 Å². The molecule has 0 saturated heterocycles. The number of hydrogen-bond donors (Lipinski definition) is 2. The Hall–Kier alpha value is -2.09. The van der Waals surface area contributed by atoms with Gasteiger partial charge in [-0.3, -0.25) is 4.72 Å². The smallest absolute Gasteiger partial charge is 0.281 e. The Morgan fingerprint density at radius 3 is 2.72 bits per heavy atom. The molecule has 0 amide bonds. The highest BCUT2D eigenvalue weighted by Crippen LogP contribution is 2.25. The minimum Gasteiger partial charge on any atom is -0.506 e. The van der Waals surface area contributed by atoms with Crippen LogP contribution in [0.3, 0.4) is 0 Å². The molecule has 0 aliphatic heterocycles. The van der Waals surface area contributed by atoms with Gasteiger partial charge in [-0.2, -0.15) is 8.42 Å². The molecule has 0 aliphatic rings. The standard InChI is InChI=1S/C10H10FN3O3S/c1-14-5-10(12-6-14)18(16,17)13-8-3-2-7(11)4-9(8)15/h2-6,13,15H,1H3. The zero-order valence-corrected chi connectivity index (χ0v) is 10.1.